The third-order valence-corrected chi connectivity index (χ3v) is 5.33. The van der Waals surface area contributed by atoms with Crippen molar-refractivity contribution in [2.24, 2.45) is 10.9 Å². The van der Waals surface area contributed by atoms with Crippen LogP contribution < -0.4 is 15.4 Å². The lowest BCUT2D eigenvalue weighted by Gasteiger charge is -2.32. The Morgan fingerprint density at radius 1 is 1.30 bits per heavy atom. The fraction of sp³-hybridized carbons (Fsp3) is 0.650. The molecular weight excluding hydrogens is 475 g/mol. The van der Waals surface area contributed by atoms with Crippen molar-refractivity contribution in [1.82, 2.24) is 15.5 Å². The molecule has 154 valence electrons. The summed E-state index contributed by atoms with van der Waals surface area (Å²) in [5.41, 5.74) is 1.11. The first-order valence-electron chi connectivity index (χ1n) is 9.65. The highest BCUT2D eigenvalue weighted by Crippen LogP contribution is 2.22. The summed E-state index contributed by atoms with van der Waals surface area (Å²) in [5, 5.41) is 7.60. The summed E-state index contributed by atoms with van der Waals surface area (Å²) in [5.74, 6) is 2.39. The quantitative estimate of drug-likeness (QED) is 0.319. The van der Waals surface area contributed by atoms with E-state index in [4.69, 9.17) is 16.3 Å². The van der Waals surface area contributed by atoms with Crippen molar-refractivity contribution in [2.75, 3.05) is 46.9 Å². The Morgan fingerprint density at radius 3 is 2.63 bits per heavy atom. The largest absolute Gasteiger partial charge is 0.497 e. The van der Waals surface area contributed by atoms with Gasteiger partial charge in [0.2, 0.25) is 0 Å². The second-order valence-corrected chi connectivity index (χ2v) is 7.28. The van der Waals surface area contributed by atoms with E-state index in [0.717, 1.165) is 47.7 Å². The molecule has 0 aliphatic carbocycles. The topological polar surface area (TPSA) is 48.9 Å². The maximum absolute atomic E-state index is 6.30. The summed E-state index contributed by atoms with van der Waals surface area (Å²) in [6.45, 7) is 7.72. The Morgan fingerprint density at radius 2 is 2.04 bits per heavy atom. The highest BCUT2D eigenvalue weighted by Gasteiger charge is 2.18. The van der Waals surface area contributed by atoms with Crippen LogP contribution >= 0.6 is 35.6 Å². The number of hydrogen-bond donors (Lipinski definition) is 2. The molecule has 5 nitrogen and oxygen atoms in total. The van der Waals surface area contributed by atoms with E-state index in [1.165, 1.54) is 38.9 Å². The van der Waals surface area contributed by atoms with Gasteiger partial charge in [0.05, 0.1) is 7.11 Å². The molecular formula is C20H34ClIN4O. The summed E-state index contributed by atoms with van der Waals surface area (Å²) >= 11 is 6.30. The Labute approximate surface area is 186 Å². The molecule has 0 atom stereocenters. The van der Waals surface area contributed by atoms with Gasteiger partial charge >= 0.3 is 0 Å². The van der Waals surface area contributed by atoms with Crippen LogP contribution in [-0.4, -0.2) is 57.7 Å². The normalized spacial score (nSPS) is 15.9. The number of halogens is 2. The van der Waals surface area contributed by atoms with Crippen LogP contribution in [0.15, 0.2) is 23.2 Å². The standard InChI is InChI=1S/C20H33ClN4O.HI/c1-4-11-25-12-8-16(9-13-25)15-24-20(22-2)23-10-7-17-5-6-18(26-3)14-19(17)21;/h5-6,14,16H,4,7-13,15H2,1-3H3,(H2,22,23,24);1H. The van der Waals surface area contributed by atoms with E-state index in [1.807, 2.05) is 25.2 Å². The Bertz CT molecular complexity index is 577. The lowest BCUT2D eigenvalue weighted by atomic mass is 9.97. The lowest BCUT2D eigenvalue weighted by molar-refractivity contribution is 0.185. The van der Waals surface area contributed by atoms with Gasteiger partial charge in [0.1, 0.15) is 5.75 Å². The van der Waals surface area contributed by atoms with Crippen molar-refractivity contribution in [3.8, 4) is 5.75 Å². The van der Waals surface area contributed by atoms with E-state index >= 15 is 0 Å². The van der Waals surface area contributed by atoms with Crippen molar-refractivity contribution >= 4 is 41.5 Å². The van der Waals surface area contributed by atoms with Gasteiger partial charge in [-0.3, -0.25) is 4.99 Å². The van der Waals surface area contributed by atoms with Crippen molar-refractivity contribution < 1.29 is 4.74 Å². The second-order valence-electron chi connectivity index (χ2n) is 6.87. The fourth-order valence-corrected chi connectivity index (χ4v) is 3.63. The highest BCUT2D eigenvalue weighted by atomic mass is 127. The van der Waals surface area contributed by atoms with Crippen LogP contribution in [-0.2, 0) is 6.42 Å². The van der Waals surface area contributed by atoms with Gasteiger partial charge in [-0.25, -0.2) is 0 Å². The van der Waals surface area contributed by atoms with Crippen LogP contribution in [0.25, 0.3) is 0 Å². The van der Waals surface area contributed by atoms with Gasteiger partial charge in [-0.05, 0) is 68.9 Å². The molecule has 1 saturated heterocycles. The third-order valence-electron chi connectivity index (χ3n) is 4.98. The molecule has 0 aromatic heterocycles. The first kappa shape index (κ1) is 24.3. The average molecular weight is 509 g/mol. The molecule has 0 radical (unpaired) electrons. The Kier molecular flexibility index (Phi) is 12.1. The molecule has 1 aliphatic rings. The van der Waals surface area contributed by atoms with E-state index in [0.29, 0.717) is 0 Å². The molecule has 0 unspecified atom stereocenters. The fourth-order valence-electron chi connectivity index (χ4n) is 3.37. The van der Waals surface area contributed by atoms with Crippen molar-refractivity contribution in [3.05, 3.63) is 28.8 Å². The number of likely N-dealkylation sites (tertiary alicyclic amines) is 1. The van der Waals surface area contributed by atoms with Crippen LogP contribution in [0.1, 0.15) is 31.7 Å². The van der Waals surface area contributed by atoms with Gasteiger partial charge in [-0.1, -0.05) is 24.6 Å². The van der Waals surface area contributed by atoms with Gasteiger partial charge in [-0.15, -0.1) is 24.0 Å². The molecule has 0 spiro atoms. The molecule has 0 amide bonds. The van der Waals surface area contributed by atoms with Gasteiger partial charge < -0.3 is 20.3 Å². The SMILES string of the molecule is CCCN1CCC(CNC(=NC)NCCc2ccc(OC)cc2Cl)CC1.I. The van der Waals surface area contributed by atoms with Crippen molar-refractivity contribution in [1.29, 1.82) is 0 Å². The maximum atomic E-state index is 6.30. The van der Waals surface area contributed by atoms with Gasteiger partial charge in [-0.2, -0.15) is 0 Å². The van der Waals surface area contributed by atoms with Crippen LogP contribution in [0, 0.1) is 5.92 Å². The van der Waals surface area contributed by atoms with Crippen LogP contribution in [0.2, 0.25) is 5.02 Å². The Hall–Kier alpha value is -0.730. The number of methoxy groups -OCH3 is 1. The maximum Gasteiger partial charge on any atom is 0.190 e. The van der Waals surface area contributed by atoms with Gasteiger partial charge in [0.15, 0.2) is 5.96 Å². The van der Waals surface area contributed by atoms with Crippen LogP contribution in [0.3, 0.4) is 0 Å². The molecule has 2 N–H and O–H groups in total. The zero-order chi connectivity index (χ0) is 18.8. The summed E-state index contributed by atoms with van der Waals surface area (Å²) in [7, 11) is 3.47. The van der Waals surface area contributed by atoms with Crippen molar-refractivity contribution in [2.45, 2.75) is 32.6 Å². The highest BCUT2D eigenvalue weighted by molar-refractivity contribution is 14.0. The molecule has 7 heteroatoms. The first-order chi connectivity index (χ1) is 12.7. The molecule has 2 rings (SSSR count). The predicted molar refractivity (Wildman–Crippen MR) is 126 cm³/mol. The van der Waals surface area contributed by atoms with E-state index in [9.17, 15) is 0 Å². The molecule has 0 saturated carbocycles. The lowest BCUT2D eigenvalue weighted by Crippen LogP contribution is -2.43. The molecule has 0 bridgehead atoms. The second kappa shape index (κ2) is 13.4. The number of rotatable bonds is 8. The minimum atomic E-state index is 0. The first-order valence-corrected chi connectivity index (χ1v) is 10.0. The average Bonchev–Trinajstić information content (AvgIpc) is 2.67. The van der Waals surface area contributed by atoms with Crippen LogP contribution in [0.5, 0.6) is 5.75 Å². The minimum absolute atomic E-state index is 0. The molecule has 1 fully saturated rings. The van der Waals surface area contributed by atoms with E-state index < -0.39 is 0 Å². The molecule has 1 aliphatic heterocycles. The number of nitrogens with one attached hydrogen (secondary N) is 2. The number of benzene rings is 1. The zero-order valence-electron chi connectivity index (χ0n) is 16.8. The molecule has 27 heavy (non-hydrogen) atoms. The van der Waals surface area contributed by atoms with Gasteiger partial charge in [0.25, 0.3) is 0 Å². The third kappa shape index (κ3) is 8.44. The summed E-state index contributed by atoms with van der Waals surface area (Å²) in [6.07, 6.45) is 4.63. The molecule has 1 aromatic rings. The summed E-state index contributed by atoms with van der Waals surface area (Å²) in [4.78, 5) is 6.90. The van der Waals surface area contributed by atoms with E-state index in [2.05, 4.69) is 27.4 Å². The van der Waals surface area contributed by atoms with E-state index in [-0.39, 0.29) is 24.0 Å². The van der Waals surface area contributed by atoms with Crippen LogP contribution in [0.4, 0.5) is 0 Å². The summed E-state index contributed by atoms with van der Waals surface area (Å²) < 4.78 is 5.19. The van der Waals surface area contributed by atoms with Gasteiger partial charge in [0, 0.05) is 25.2 Å². The van der Waals surface area contributed by atoms with E-state index in [1.54, 1.807) is 7.11 Å². The molecule has 1 heterocycles. The number of nitrogens with zero attached hydrogens (tertiary/aromatic N) is 2. The number of ether oxygens (including phenoxy) is 1. The predicted octanol–water partition coefficient (Wildman–Crippen LogP) is 3.80. The zero-order valence-corrected chi connectivity index (χ0v) is 19.8. The van der Waals surface area contributed by atoms with Crippen molar-refractivity contribution in [3.63, 3.8) is 0 Å². The number of aliphatic imine (C=N–C) groups is 1. The summed E-state index contributed by atoms with van der Waals surface area (Å²) in [6, 6.07) is 5.82. The smallest absolute Gasteiger partial charge is 0.190 e. The molecule has 1 aromatic carbocycles. The monoisotopic (exact) mass is 508 g/mol. The Balaban J connectivity index is 0.00000364. The minimum Gasteiger partial charge on any atom is -0.497 e. The number of piperidine rings is 1. The number of hydrogen-bond acceptors (Lipinski definition) is 3. The number of guanidine groups is 1.